The summed E-state index contributed by atoms with van der Waals surface area (Å²) in [5, 5.41) is 0. The molecule has 0 N–H and O–H groups in total. The maximum Gasteiger partial charge on any atom is 0.243 e. The van der Waals surface area contributed by atoms with Gasteiger partial charge in [-0.3, -0.25) is 4.98 Å². The molecule has 1 unspecified atom stereocenters. The first-order valence-corrected chi connectivity index (χ1v) is 8.85. The molecule has 1 aliphatic heterocycles. The van der Waals surface area contributed by atoms with Crippen molar-refractivity contribution in [2.45, 2.75) is 31.7 Å². The standard InChI is InChI=1S/C17H19FN2O2S/c1-12-8-14(18)10-15(9-12)23(21,22)20-11-17(2,3)16(20)13-4-6-19-7-5-13/h4-10,16H,11H2,1-3H3. The third-order valence-electron chi connectivity index (χ3n) is 4.24. The largest absolute Gasteiger partial charge is 0.265 e. The molecule has 0 radical (unpaired) electrons. The van der Waals surface area contributed by atoms with E-state index < -0.39 is 15.8 Å². The summed E-state index contributed by atoms with van der Waals surface area (Å²) in [4.78, 5) is 3.99. The van der Waals surface area contributed by atoms with Crippen LogP contribution in [0.2, 0.25) is 0 Å². The summed E-state index contributed by atoms with van der Waals surface area (Å²) >= 11 is 0. The van der Waals surface area contributed by atoms with Gasteiger partial charge in [-0.15, -0.1) is 0 Å². The monoisotopic (exact) mass is 334 g/mol. The summed E-state index contributed by atoms with van der Waals surface area (Å²) in [5.41, 5.74) is 1.30. The Balaban J connectivity index is 2.03. The van der Waals surface area contributed by atoms with Crippen molar-refractivity contribution in [2.24, 2.45) is 5.41 Å². The van der Waals surface area contributed by atoms with Crippen molar-refractivity contribution >= 4 is 10.0 Å². The molecule has 2 heterocycles. The van der Waals surface area contributed by atoms with Crippen molar-refractivity contribution in [3.8, 4) is 0 Å². The van der Waals surface area contributed by atoms with Gasteiger partial charge >= 0.3 is 0 Å². The second kappa shape index (κ2) is 5.39. The Labute approximate surface area is 136 Å². The minimum Gasteiger partial charge on any atom is -0.265 e. The van der Waals surface area contributed by atoms with Crippen LogP contribution in [0.15, 0.2) is 47.6 Å². The minimum atomic E-state index is -3.74. The van der Waals surface area contributed by atoms with E-state index in [4.69, 9.17) is 0 Å². The first kappa shape index (κ1) is 16.1. The predicted molar refractivity (Wildman–Crippen MR) is 85.8 cm³/mol. The third kappa shape index (κ3) is 2.77. The van der Waals surface area contributed by atoms with E-state index in [-0.39, 0.29) is 16.4 Å². The van der Waals surface area contributed by atoms with E-state index in [0.717, 1.165) is 11.6 Å². The van der Waals surface area contributed by atoms with Crippen molar-refractivity contribution in [2.75, 3.05) is 6.54 Å². The molecule has 3 rings (SSSR count). The van der Waals surface area contributed by atoms with Gasteiger partial charge in [0.05, 0.1) is 10.9 Å². The van der Waals surface area contributed by atoms with Crippen LogP contribution in [-0.4, -0.2) is 24.3 Å². The van der Waals surface area contributed by atoms with Gasteiger partial charge in [-0.05, 0) is 53.8 Å². The average molecular weight is 334 g/mol. The molecule has 1 saturated heterocycles. The SMILES string of the molecule is Cc1cc(F)cc(S(=O)(=O)N2CC(C)(C)C2c2ccncc2)c1. The van der Waals surface area contributed by atoms with Gasteiger partial charge in [0.15, 0.2) is 0 Å². The Morgan fingerprint density at radius 2 is 1.87 bits per heavy atom. The molecule has 0 aliphatic carbocycles. The van der Waals surface area contributed by atoms with Crippen LogP contribution in [0.1, 0.15) is 31.0 Å². The van der Waals surface area contributed by atoms with Crippen LogP contribution in [0.4, 0.5) is 4.39 Å². The topological polar surface area (TPSA) is 50.3 Å². The molecule has 1 aromatic heterocycles. The number of hydrogen-bond donors (Lipinski definition) is 0. The third-order valence-corrected chi connectivity index (χ3v) is 6.02. The number of nitrogens with zero attached hydrogens (tertiary/aromatic N) is 2. The zero-order chi connectivity index (χ0) is 16.8. The predicted octanol–water partition coefficient (Wildman–Crippen LogP) is 3.30. The Morgan fingerprint density at radius 3 is 2.43 bits per heavy atom. The molecule has 23 heavy (non-hydrogen) atoms. The molecule has 0 spiro atoms. The second-order valence-electron chi connectivity index (χ2n) is 6.69. The molecule has 1 aromatic carbocycles. The van der Waals surface area contributed by atoms with Crippen molar-refractivity contribution in [3.63, 3.8) is 0 Å². The van der Waals surface area contributed by atoms with Crippen LogP contribution in [0.25, 0.3) is 0 Å². The fraction of sp³-hybridized carbons (Fsp3) is 0.353. The molecule has 0 saturated carbocycles. The van der Waals surface area contributed by atoms with Gasteiger partial charge in [0, 0.05) is 18.9 Å². The van der Waals surface area contributed by atoms with Gasteiger partial charge in [-0.2, -0.15) is 4.31 Å². The molecule has 1 aliphatic rings. The number of rotatable bonds is 3. The van der Waals surface area contributed by atoms with Crippen LogP contribution in [0.5, 0.6) is 0 Å². The smallest absolute Gasteiger partial charge is 0.243 e. The van der Waals surface area contributed by atoms with Crippen LogP contribution in [-0.2, 0) is 10.0 Å². The molecule has 2 aromatic rings. The summed E-state index contributed by atoms with van der Waals surface area (Å²) < 4.78 is 40.9. The van der Waals surface area contributed by atoms with E-state index in [1.165, 1.54) is 16.4 Å². The van der Waals surface area contributed by atoms with Gasteiger partial charge in [0.2, 0.25) is 10.0 Å². The van der Waals surface area contributed by atoms with E-state index >= 15 is 0 Å². The summed E-state index contributed by atoms with van der Waals surface area (Å²) in [6.45, 7) is 6.14. The van der Waals surface area contributed by atoms with E-state index in [9.17, 15) is 12.8 Å². The Bertz CT molecular complexity index is 815. The molecule has 6 heteroatoms. The lowest BCUT2D eigenvalue weighted by Crippen LogP contribution is -2.57. The lowest BCUT2D eigenvalue weighted by Gasteiger charge is -2.53. The minimum absolute atomic E-state index is 0.00422. The van der Waals surface area contributed by atoms with Gasteiger partial charge < -0.3 is 0 Å². The van der Waals surface area contributed by atoms with Gasteiger partial charge in [-0.25, -0.2) is 12.8 Å². The highest BCUT2D eigenvalue weighted by Gasteiger charge is 2.52. The molecule has 0 amide bonds. The zero-order valence-corrected chi connectivity index (χ0v) is 14.1. The molecule has 0 bridgehead atoms. The number of sulfonamides is 1. The van der Waals surface area contributed by atoms with Crippen molar-refractivity contribution in [1.82, 2.24) is 9.29 Å². The summed E-state index contributed by atoms with van der Waals surface area (Å²) in [7, 11) is -3.74. The molecule has 1 fully saturated rings. The Kier molecular flexibility index (Phi) is 3.77. The highest BCUT2D eigenvalue weighted by Crippen LogP contribution is 2.50. The number of aromatic nitrogens is 1. The van der Waals surface area contributed by atoms with E-state index in [2.05, 4.69) is 4.98 Å². The normalized spacial score (nSPS) is 21.0. The van der Waals surface area contributed by atoms with Crippen molar-refractivity contribution in [1.29, 1.82) is 0 Å². The first-order valence-electron chi connectivity index (χ1n) is 7.41. The van der Waals surface area contributed by atoms with Gasteiger partial charge in [-0.1, -0.05) is 13.8 Å². The molecular formula is C17H19FN2O2S. The number of hydrogen-bond acceptors (Lipinski definition) is 3. The molecule has 1 atom stereocenters. The lowest BCUT2D eigenvalue weighted by atomic mass is 9.74. The number of aryl methyl sites for hydroxylation is 1. The number of halogens is 1. The van der Waals surface area contributed by atoms with Gasteiger partial charge in [0.1, 0.15) is 5.82 Å². The first-order chi connectivity index (χ1) is 10.7. The highest BCUT2D eigenvalue weighted by molar-refractivity contribution is 7.89. The second-order valence-corrected chi connectivity index (χ2v) is 8.58. The fourth-order valence-corrected chi connectivity index (χ4v) is 5.29. The van der Waals surface area contributed by atoms with E-state index in [1.54, 1.807) is 19.3 Å². The van der Waals surface area contributed by atoms with Crippen LogP contribution < -0.4 is 0 Å². The molecular weight excluding hydrogens is 315 g/mol. The van der Waals surface area contributed by atoms with E-state index in [1.807, 2.05) is 26.0 Å². The lowest BCUT2D eigenvalue weighted by molar-refractivity contribution is 0.0197. The number of benzene rings is 1. The van der Waals surface area contributed by atoms with Crippen LogP contribution in [0, 0.1) is 18.2 Å². The Hall–Kier alpha value is -1.79. The average Bonchev–Trinajstić information content (AvgIpc) is 2.45. The Morgan fingerprint density at radius 1 is 1.22 bits per heavy atom. The van der Waals surface area contributed by atoms with Crippen molar-refractivity contribution in [3.05, 3.63) is 59.7 Å². The maximum atomic E-state index is 13.6. The quantitative estimate of drug-likeness (QED) is 0.865. The summed E-state index contributed by atoms with van der Waals surface area (Å²) in [5.74, 6) is -0.538. The highest BCUT2D eigenvalue weighted by atomic mass is 32.2. The van der Waals surface area contributed by atoms with Crippen molar-refractivity contribution < 1.29 is 12.8 Å². The summed E-state index contributed by atoms with van der Waals surface area (Å²) in [6, 6.07) is 7.28. The number of pyridine rings is 1. The van der Waals surface area contributed by atoms with E-state index in [0.29, 0.717) is 12.1 Å². The fourth-order valence-electron chi connectivity index (χ4n) is 3.23. The van der Waals surface area contributed by atoms with Gasteiger partial charge in [0.25, 0.3) is 0 Å². The zero-order valence-electron chi connectivity index (χ0n) is 13.3. The van der Waals surface area contributed by atoms with Crippen LogP contribution in [0.3, 0.4) is 0 Å². The van der Waals surface area contributed by atoms with Crippen LogP contribution >= 0.6 is 0 Å². The summed E-state index contributed by atoms with van der Waals surface area (Å²) in [6.07, 6.45) is 3.31. The molecule has 4 nitrogen and oxygen atoms in total. The molecule has 122 valence electrons. The maximum absolute atomic E-state index is 13.6.